The lowest BCUT2D eigenvalue weighted by molar-refractivity contribution is 0.0675. The Morgan fingerprint density at radius 1 is 1.11 bits per heavy atom. The number of sulfonamides is 1. The van der Waals surface area contributed by atoms with Gasteiger partial charge in [-0.15, -0.1) is 0 Å². The molecule has 0 saturated carbocycles. The van der Waals surface area contributed by atoms with Crippen LogP contribution in [-0.4, -0.2) is 42.7 Å². The van der Waals surface area contributed by atoms with Crippen LogP contribution in [0.2, 0.25) is 0 Å². The first kappa shape index (κ1) is 21.2. The lowest BCUT2D eigenvalue weighted by atomic mass is 10.1. The summed E-state index contributed by atoms with van der Waals surface area (Å²) in [5, 5.41) is 0. The molecule has 0 aliphatic carbocycles. The smallest absolute Gasteiger partial charge is 0.254 e. The van der Waals surface area contributed by atoms with Crippen molar-refractivity contribution in [2.75, 3.05) is 13.1 Å². The fourth-order valence-corrected chi connectivity index (χ4v) is 4.40. The maximum atomic E-state index is 13.1. The molecule has 7 heteroatoms. The van der Waals surface area contributed by atoms with E-state index in [-0.39, 0.29) is 16.8 Å². The summed E-state index contributed by atoms with van der Waals surface area (Å²) in [5.41, 5.74) is 0.347. The van der Waals surface area contributed by atoms with E-state index < -0.39 is 10.0 Å². The van der Waals surface area contributed by atoms with E-state index in [1.165, 1.54) is 16.4 Å². The highest BCUT2D eigenvalue weighted by Gasteiger charge is 2.25. The number of carbonyl (C=O) groups is 1. The quantitative estimate of drug-likeness (QED) is 0.687. The van der Waals surface area contributed by atoms with Gasteiger partial charge >= 0.3 is 0 Å². The van der Waals surface area contributed by atoms with Crippen molar-refractivity contribution < 1.29 is 17.6 Å². The molecule has 2 rings (SSSR count). The summed E-state index contributed by atoms with van der Waals surface area (Å²) in [6, 6.07) is 9.88. The van der Waals surface area contributed by atoms with Crippen LogP contribution in [0.15, 0.2) is 45.7 Å². The summed E-state index contributed by atoms with van der Waals surface area (Å²) in [4.78, 5) is 14.9. The predicted molar refractivity (Wildman–Crippen MR) is 105 cm³/mol. The molecule has 0 N–H and O–H groups in total. The maximum absolute atomic E-state index is 13.1. The van der Waals surface area contributed by atoms with E-state index in [0.717, 1.165) is 5.76 Å². The lowest BCUT2D eigenvalue weighted by Gasteiger charge is -2.26. The lowest BCUT2D eigenvalue weighted by Crippen LogP contribution is -2.36. The number of carbonyl (C=O) groups excluding carboxylic acids is 1. The summed E-state index contributed by atoms with van der Waals surface area (Å²) in [5.74, 6) is 1.26. The van der Waals surface area contributed by atoms with Gasteiger partial charge in [-0.25, -0.2) is 8.42 Å². The summed E-state index contributed by atoms with van der Waals surface area (Å²) >= 11 is 0. The minimum Gasteiger partial charge on any atom is -0.464 e. The molecular formula is C20H28N2O4S. The van der Waals surface area contributed by atoms with Crippen LogP contribution in [0.3, 0.4) is 0 Å². The van der Waals surface area contributed by atoms with Crippen LogP contribution >= 0.6 is 0 Å². The molecule has 0 aliphatic heterocycles. The Balaban J connectivity index is 2.34. The van der Waals surface area contributed by atoms with Crippen molar-refractivity contribution in [3.05, 3.63) is 53.5 Å². The second-order valence-electron chi connectivity index (χ2n) is 6.66. The second-order valence-corrected chi connectivity index (χ2v) is 8.59. The van der Waals surface area contributed by atoms with Crippen molar-refractivity contribution in [3.8, 4) is 0 Å². The van der Waals surface area contributed by atoms with E-state index in [9.17, 15) is 13.2 Å². The molecule has 2 aromatic rings. The van der Waals surface area contributed by atoms with Gasteiger partial charge in [-0.05, 0) is 51.1 Å². The number of furan rings is 1. The van der Waals surface area contributed by atoms with Crippen LogP contribution < -0.4 is 0 Å². The zero-order chi connectivity index (χ0) is 20.2. The van der Waals surface area contributed by atoms with Gasteiger partial charge in [0.15, 0.2) is 0 Å². The third-order valence-corrected chi connectivity index (χ3v) is 6.48. The van der Waals surface area contributed by atoms with Gasteiger partial charge in [0.05, 0.1) is 11.4 Å². The van der Waals surface area contributed by atoms with Crippen LogP contribution in [0, 0.1) is 6.92 Å². The van der Waals surface area contributed by atoms with Gasteiger partial charge in [0.1, 0.15) is 11.5 Å². The fourth-order valence-electron chi connectivity index (χ4n) is 2.89. The molecule has 1 aromatic carbocycles. The number of hydrogen-bond acceptors (Lipinski definition) is 4. The Bertz CT molecular complexity index is 883. The van der Waals surface area contributed by atoms with Crippen molar-refractivity contribution in [2.45, 2.75) is 52.1 Å². The van der Waals surface area contributed by atoms with Crippen LogP contribution in [0.4, 0.5) is 0 Å². The average molecular weight is 393 g/mol. The molecule has 148 valence electrons. The summed E-state index contributed by atoms with van der Waals surface area (Å²) in [6.07, 6.45) is 0. The SMILES string of the molecule is CCN(CC)S(=O)(=O)c1cccc(C(=O)N(Cc2ccc(C)o2)C(C)C)c1. The van der Waals surface area contributed by atoms with Crippen LogP contribution in [-0.2, 0) is 16.6 Å². The van der Waals surface area contributed by atoms with Crippen LogP contribution in [0.1, 0.15) is 49.6 Å². The summed E-state index contributed by atoms with van der Waals surface area (Å²) in [6.45, 7) is 10.4. The molecule has 1 heterocycles. The number of benzene rings is 1. The standard InChI is InChI=1S/C20H28N2O4S/c1-6-21(7-2)27(24,25)19-10-8-9-17(13-19)20(23)22(15(3)4)14-18-12-11-16(5)26-18/h8-13,15H,6-7,14H2,1-5H3. The topological polar surface area (TPSA) is 70.8 Å². The van der Waals surface area contributed by atoms with E-state index in [2.05, 4.69) is 0 Å². The first-order valence-corrected chi connectivity index (χ1v) is 10.6. The number of nitrogens with zero attached hydrogens (tertiary/aromatic N) is 2. The summed E-state index contributed by atoms with van der Waals surface area (Å²) < 4.78 is 32.5. The Morgan fingerprint density at radius 2 is 1.78 bits per heavy atom. The Morgan fingerprint density at radius 3 is 2.30 bits per heavy atom. The number of aryl methyl sites for hydroxylation is 1. The summed E-state index contributed by atoms with van der Waals surface area (Å²) in [7, 11) is -3.61. The molecule has 0 radical (unpaired) electrons. The number of rotatable bonds is 8. The van der Waals surface area contributed by atoms with Gasteiger partial charge in [0.25, 0.3) is 5.91 Å². The van der Waals surface area contributed by atoms with E-state index in [4.69, 9.17) is 4.42 Å². The maximum Gasteiger partial charge on any atom is 0.254 e. The Kier molecular flexibility index (Phi) is 6.84. The predicted octanol–water partition coefficient (Wildman–Crippen LogP) is 3.67. The van der Waals surface area contributed by atoms with Crippen LogP contribution in [0.25, 0.3) is 0 Å². The van der Waals surface area contributed by atoms with E-state index in [0.29, 0.717) is 31.0 Å². The highest BCUT2D eigenvalue weighted by molar-refractivity contribution is 7.89. The monoisotopic (exact) mass is 392 g/mol. The molecule has 0 bridgehead atoms. The van der Waals surface area contributed by atoms with Gasteiger partial charge < -0.3 is 9.32 Å². The number of amides is 1. The molecule has 0 unspecified atom stereocenters. The molecule has 0 spiro atoms. The zero-order valence-electron chi connectivity index (χ0n) is 16.6. The van der Waals surface area contributed by atoms with Gasteiger partial charge in [0, 0.05) is 24.7 Å². The number of hydrogen-bond donors (Lipinski definition) is 0. The van der Waals surface area contributed by atoms with Crippen molar-refractivity contribution in [2.24, 2.45) is 0 Å². The van der Waals surface area contributed by atoms with E-state index in [1.54, 1.807) is 30.9 Å². The van der Waals surface area contributed by atoms with E-state index >= 15 is 0 Å². The van der Waals surface area contributed by atoms with Crippen molar-refractivity contribution in [1.29, 1.82) is 0 Å². The normalized spacial score (nSPS) is 12.0. The molecule has 0 atom stereocenters. The molecule has 27 heavy (non-hydrogen) atoms. The van der Waals surface area contributed by atoms with Gasteiger partial charge in [-0.1, -0.05) is 19.9 Å². The molecule has 0 fully saturated rings. The highest BCUT2D eigenvalue weighted by atomic mass is 32.2. The van der Waals surface area contributed by atoms with Gasteiger partial charge in [-0.3, -0.25) is 4.79 Å². The minimum atomic E-state index is -3.61. The van der Waals surface area contributed by atoms with E-state index in [1.807, 2.05) is 32.9 Å². The first-order valence-electron chi connectivity index (χ1n) is 9.17. The Hall–Kier alpha value is -2.12. The van der Waals surface area contributed by atoms with Gasteiger partial charge in [0.2, 0.25) is 10.0 Å². The third-order valence-electron chi connectivity index (χ3n) is 4.43. The largest absolute Gasteiger partial charge is 0.464 e. The zero-order valence-corrected chi connectivity index (χ0v) is 17.4. The molecule has 0 saturated heterocycles. The third kappa shape index (κ3) is 4.78. The average Bonchev–Trinajstić information content (AvgIpc) is 3.05. The molecular weight excluding hydrogens is 364 g/mol. The molecule has 1 amide bonds. The second kappa shape index (κ2) is 8.71. The molecule has 6 nitrogen and oxygen atoms in total. The van der Waals surface area contributed by atoms with Crippen molar-refractivity contribution >= 4 is 15.9 Å². The minimum absolute atomic E-state index is 0.0639. The fraction of sp³-hybridized carbons (Fsp3) is 0.450. The molecule has 1 aromatic heterocycles. The highest BCUT2D eigenvalue weighted by Crippen LogP contribution is 2.20. The first-order chi connectivity index (χ1) is 12.7. The van der Waals surface area contributed by atoms with Crippen molar-refractivity contribution in [3.63, 3.8) is 0 Å². The van der Waals surface area contributed by atoms with Gasteiger partial charge in [-0.2, -0.15) is 4.31 Å². The van der Waals surface area contributed by atoms with Crippen LogP contribution in [0.5, 0.6) is 0 Å². The Labute approximate surface area is 161 Å². The van der Waals surface area contributed by atoms with Crippen molar-refractivity contribution in [1.82, 2.24) is 9.21 Å². The molecule has 0 aliphatic rings.